The number of aromatic nitrogens is 4. The fourth-order valence-corrected chi connectivity index (χ4v) is 4.28. The summed E-state index contributed by atoms with van der Waals surface area (Å²) >= 11 is 12.5. The van der Waals surface area contributed by atoms with E-state index in [4.69, 9.17) is 33.3 Å². The maximum Gasteiger partial charge on any atom is 0.333 e. The molecule has 0 spiro atoms. The Morgan fingerprint density at radius 1 is 1.06 bits per heavy atom. The quantitative estimate of drug-likeness (QED) is 0.409. The van der Waals surface area contributed by atoms with Crippen molar-refractivity contribution in [2.24, 2.45) is 0 Å². The van der Waals surface area contributed by atoms with Crippen LogP contribution in [-0.2, 0) is 4.74 Å². The van der Waals surface area contributed by atoms with E-state index in [2.05, 4.69) is 25.2 Å². The van der Waals surface area contributed by atoms with Gasteiger partial charge >= 0.3 is 5.69 Å². The Labute approximate surface area is 198 Å². The monoisotopic (exact) mass is 483 g/mol. The van der Waals surface area contributed by atoms with Gasteiger partial charge in [-0.2, -0.15) is 4.98 Å². The zero-order chi connectivity index (χ0) is 22.9. The molecule has 2 aromatic heterocycles. The number of nitrogens with one attached hydrogen (secondary N) is 3. The van der Waals surface area contributed by atoms with Crippen LogP contribution in [-0.4, -0.2) is 45.8 Å². The van der Waals surface area contributed by atoms with E-state index in [1.165, 1.54) is 6.20 Å². The van der Waals surface area contributed by atoms with Crippen LogP contribution in [0.2, 0.25) is 10.0 Å². The van der Waals surface area contributed by atoms with Crippen LogP contribution in [0.25, 0.3) is 16.7 Å². The van der Waals surface area contributed by atoms with Crippen LogP contribution in [0.3, 0.4) is 0 Å². The first kappa shape index (κ1) is 21.4. The van der Waals surface area contributed by atoms with E-state index in [1.807, 2.05) is 24.3 Å². The number of H-pyrrole nitrogens is 1. The summed E-state index contributed by atoms with van der Waals surface area (Å²) in [6, 6.07) is 12.8. The second-order valence-electron chi connectivity index (χ2n) is 7.41. The lowest BCUT2D eigenvalue weighted by atomic mass is 10.2. The molecule has 0 amide bonds. The first-order valence-electron chi connectivity index (χ1n) is 10.2. The molecule has 1 saturated heterocycles. The molecule has 9 nitrogen and oxygen atoms in total. The minimum atomic E-state index is -0.581. The number of halogens is 2. The van der Waals surface area contributed by atoms with E-state index in [-0.39, 0.29) is 26.9 Å². The Morgan fingerprint density at radius 2 is 1.76 bits per heavy atom. The number of hydrogen-bond donors (Lipinski definition) is 3. The Balaban J connectivity index is 1.46. The average Bonchev–Trinajstić information content (AvgIpc) is 2.82. The van der Waals surface area contributed by atoms with Gasteiger partial charge in [-0.1, -0.05) is 29.3 Å². The molecule has 11 heteroatoms. The summed E-state index contributed by atoms with van der Waals surface area (Å²) in [5.74, 6) is 0.296. The van der Waals surface area contributed by atoms with Crippen molar-refractivity contribution in [3.05, 3.63) is 74.7 Å². The van der Waals surface area contributed by atoms with E-state index in [9.17, 15) is 4.79 Å². The summed E-state index contributed by atoms with van der Waals surface area (Å²) in [5, 5.41) is 12.5. The Kier molecular flexibility index (Phi) is 5.76. The molecule has 4 aromatic rings. The second kappa shape index (κ2) is 8.86. The van der Waals surface area contributed by atoms with Crippen molar-refractivity contribution in [1.29, 1.82) is 5.41 Å². The zero-order valence-electron chi connectivity index (χ0n) is 17.3. The third kappa shape index (κ3) is 4.18. The molecule has 1 fully saturated rings. The molecule has 3 N–H and O–H groups in total. The number of fused-ring (bicyclic) bond motifs is 1. The molecule has 168 valence electrons. The molecule has 33 heavy (non-hydrogen) atoms. The first-order valence-corrected chi connectivity index (χ1v) is 11.0. The molecule has 1 aliphatic heterocycles. The summed E-state index contributed by atoms with van der Waals surface area (Å²) in [5.41, 5.74) is 1.68. The van der Waals surface area contributed by atoms with Crippen molar-refractivity contribution < 1.29 is 4.74 Å². The molecule has 0 atom stereocenters. The van der Waals surface area contributed by atoms with Gasteiger partial charge in [0.2, 0.25) is 5.95 Å². The van der Waals surface area contributed by atoms with Crippen LogP contribution in [0.1, 0.15) is 0 Å². The average molecular weight is 484 g/mol. The summed E-state index contributed by atoms with van der Waals surface area (Å²) in [7, 11) is 0. The third-order valence-electron chi connectivity index (χ3n) is 5.36. The fourth-order valence-electron chi connectivity index (χ4n) is 3.71. The van der Waals surface area contributed by atoms with E-state index in [0.29, 0.717) is 11.3 Å². The van der Waals surface area contributed by atoms with Gasteiger partial charge < -0.3 is 15.0 Å². The van der Waals surface area contributed by atoms with Crippen molar-refractivity contribution >= 4 is 51.6 Å². The minimum Gasteiger partial charge on any atom is -0.378 e. The topological polar surface area (TPSA) is 112 Å². The summed E-state index contributed by atoms with van der Waals surface area (Å²) in [4.78, 5) is 26.4. The number of aromatic amines is 1. The lowest BCUT2D eigenvalue weighted by Gasteiger charge is -2.28. The van der Waals surface area contributed by atoms with Crippen molar-refractivity contribution in [3.8, 4) is 5.69 Å². The molecule has 0 unspecified atom stereocenters. The third-order valence-corrected chi connectivity index (χ3v) is 5.97. The largest absolute Gasteiger partial charge is 0.378 e. The molecule has 0 saturated carbocycles. The number of ether oxygens (including phenoxy) is 1. The maximum absolute atomic E-state index is 12.8. The summed E-state index contributed by atoms with van der Waals surface area (Å²) in [6.07, 6.45) is 1.48. The maximum atomic E-state index is 12.8. The fraction of sp³-hybridized carbons (Fsp3) is 0.182. The molecule has 0 bridgehead atoms. The smallest absolute Gasteiger partial charge is 0.333 e. The van der Waals surface area contributed by atoms with Crippen LogP contribution in [0.4, 0.5) is 17.3 Å². The number of morpholine rings is 1. The number of nitrogens with zero attached hydrogens (tertiary/aromatic N) is 4. The van der Waals surface area contributed by atoms with Crippen LogP contribution >= 0.6 is 23.2 Å². The summed E-state index contributed by atoms with van der Waals surface area (Å²) in [6.45, 7) is 3.18. The Hall–Kier alpha value is -3.40. The Bertz CT molecular complexity index is 1420. The highest BCUT2D eigenvalue weighted by Gasteiger charge is 2.15. The van der Waals surface area contributed by atoms with Gasteiger partial charge in [-0.3, -0.25) is 10.4 Å². The lowest BCUT2D eigenvalue weighted by Crippen LogP contribution is -2.36. The molecule has 3 heterocycles. The van der Waals surface area contributed by atoms with Gasteiger partial charge in [-0.15, -0.1) is 0 Å². The number of hydrogen-bond acceptors (Lipinski definition) is 7. The van der Waals surface area contributed by atoms with Crippen LogP contribution in [0, 0.1) is 5.41 Å². The summed E-state index contributed by atoms with van der Waals surface area (Å²) < 4.78 is 6.50. The zero-order valence-corrected chi connectivity index (χ0v) is 18.8. The van der Waals surface area contributed by atoms with E-state index in [0.717, 1.165) is 42.2 Å². The molecule has 0 aliphatic carbocycles. The molecule has 2 aromatic carbocycles. The van der Waals surface area contributed by atoms with E-state index >= 15 is 0 Å². The van der Waals surface area contributed by atoms with Crippen molar-refractivity contribution in [1.82, 2.24) is 19.5 Å². The molecule has 5 rings (SSSR count). The number of rotatable bonds is 4. The number of para-hydroxylation sites is 1. The van der Waals surface area contributed by atoms with Crippen LogP contribution in [0.15, 0.2) is 53.5 Å². The highest BCUT2D eigenvalue weighted by atomic mass is 35.5. The van der Waals surface area contributed by atoms with E-state index in [1.54, 1.807) is 18.2 Å². The van der Waals surface area contributed by atoms with Gasteiger partial charge in [0, 0.05) is 30.7 Å². The SMILES string of the molecule is N=c1c2cnc(Nc3ccc(N4CCOCC4)cc3)nc2[nH]c(=O)n1-c1c(Cl)cccc1Cl. The van der Waals surface area contributed by atoms with Crippen LogP contribution in [0.5, 0.6) is 0 Å². The minimum absolute atomic E-state index is 0.120. The van der Waals surface area contributed by atoms with Gasteiger partial charge in [0.25, 0.3) is 0 Å². The van der Waals surface area contributed by atoms with Gasteiger partial charge in [0.1, 0.15) is 5.49 Å². The standard InChI is InChI=1S/C22H19Cl2N7O2/c23-16-2-1-3-17(24)18(16)31-19(25)15-12-26-21(28-20(15)29-22(31)32)27-13-4-6-14(7-5-13)30-8-10-33-11-9-30/h1-7,12,25H,8-11H2,(H2,26,27,28,29,32). The molecule has 0 radical (unpaired) electrons. The van der Waals surface area contributed by atoms with Gasteiger partial charge in [-0.25, -0.2) is 14.3 Å². The van der Waals surface area contributed by atoms with Crippen LogP contribution < -0.4 is 21.4 Å². The normalized spacial score (nSPS) is 13.9. The Morgan fingerprint density at radius 3 is 2.45 bits per heavy atom. The number of anilines is 3. The molecular formula is C22H19Cl2N7O2. The molecule has 1 aliphatic rings. The van der Waals surface area contributed by atoms with E-state index < -0.39 is 5.69 Å². The highest BCUT2D eigenvalue weighted by Crippen LogP contribution is 2.26. The first-order chi connectivity index (χ1) is 16.0. The predicted molar refractivity (Wildman–Crippen MR) is 128 cm³/mol. The van der Waals surface area contributed by atoms with Crippen molar-refractivity contribution in [3.63, 3.8) is 0 Å². The molecular weight excluding hydrogens is 465 g/mol. The van der Waals surface area contributed by atoms with Crippen molar-refractivity contribution in [2.45, 2.75) is 0 Å². The van der Waals surface area contributed by atoms with Gasteiger partial charge in [0.05, 0.1) is 34.3 Å². The lowest BCUT2D eigenvalue weighted by molar-refractivity contribution is 0.122. The number of benzene rings is 2. The van der Waals surface area contributed by atoms with Crippen molar-refractivity contribution in [2.75, 3.05) is 36.5 Å². The predicted octanol–water partition coefficient (Wildman–Crippen LogP) is 3.48. The second-order valence-corrected chi connectivity index (χ2v) is 8.23. The van der Waals surface area contributed by atoms with Gasteiger partial charge in [-0.05, 0) is 36.4 Å². The highest BCUT2D eigenvalue weighted by molar-refractivity contribution is 6.37. The van der Waals surface area contributed by atoms with Gasteiger partial charge in [0.15, 0.2) is 5.65 Å².